The molecule has 0 aliphatic carbocycles. The van der Waals surface area contributed by atoms with E-state index in [2.05, 4.69) is 51.1 Å². The Hall–Kier alpha value is -1.71. The van der Waals surface area contributed by atoms with Gasteiger partial charge in [0, 0.05) is 14.7 Å². The number of aryl methyl sites for hydroxylation is 3. The van der Waals surface area contributed by atoms with E-state index < -0.39 is 0 Å². The van der Waals surface area contributed by atoms with E-state index in [1.807, 2.05) is 24.5 Å². The summed E-state index contributed by atoms with van der Waals surface area (Å²) in [5, 5.41) is 0. The summed E-state index contributed by atoms with van der Waals surface area (Å²) >= 11 is 3.29. The molecule has 2 rings (SSSR count). The average Bonchev–Trinajstić information content (AvgIpc) is 2.56. The summed E-state index contributed by atoms with van der Waals surface area (Å²) < 4.78 is 0. The minimum absolute atomic E-state index is 0.861. The van der Waals surface area contributed by atoms with Crippen LogP contribution in [0.5, 0.6) is 0 Å². The first-order valence-electron chi connectivity index (χ1n) is 7.77. The zero-order chi connectivity index (χ0) is 17.5. The van der Waals surface area contributed by atoms with Crippen molar-refractivity contribution in [3.8, 4) is 0 Å². The molecule has 124 valence electrons. The van der Waals surface area contributed by atoms with Gasteiger partial charge in [-0.15, -0.1) is 11.8 Å². The van der Waals surface area contributed by atoms with Crippen molar-refractivity contribution >= 4 is 35.9 Å². The Morgan fingerprint density at radius 3 is 2.12 bits per heavy atom. The lowest BCUT2D eigenvalue weighted by molar-refractivity contribution is -0.104. The molecule has 0 unspecified atom stereocenters. The molecule has 0 heterocycles. The van der Waals surface area contributed by atoms with Gasteiger partial charge in [-0.1, -0.05) is 47.7 Å². The molecule has 24 heavy (non-hydrogen) atoms. The monoisotopic (exact) mass is 354 g/mol. The summed E-state index contributed by atoms with van der Waals surface area (Å²) in [7, 11) is 0. The van der Waals surface area contributed by atoms with Gasteiger partial charge in [-0.05, 0) is 68.0 Å². The van der Waals surface area contributed by atoms with Crippen molar-refractivity contribution in [1.29, 1.82) is 0 Å². The molecular weight excluding hydrogens is 332 g/mol. The summed E-state index contributed by atoms with van der Waals surface area (Å²) in [6, 6.07) is 14.7. The molecule has 0 aliphatic rings. The zero-order valence-corrected chi connectivity index (χ0v) is 16.1. The van der Waals surface area contributed by atoms with Crippen molar-refractivity contribution in [2.45, 2.75) is 25.7 Å². The second-order valence-electron chi connectivity index (χ2n) is 5.61. The Kier molecular flexibility index (Phi) is 6.95. The molecule has 3 heteroatoms. The van der Waals surface area contributed by atoms with Crippen molar-refractivity contribution < 1.29 is 4.79 Å². The van der Waals surface area contributed by atoms with Crippen molar-refractivity contribution in [3.05, 3.63) is 80.6 Å². The maximum Gasteiger partial charge on any atom is 0.143 e. The van der Waals surface area contributed by atoms with Crippen LogP contribution in [-0.4, -0.2) is 12.5 Å². The summed E-state index contributed by atoms with van der Waals surface area (Å²) in [5.41, 5.74) is 5.01. The fraction of sp³-hybridized carbons (Fsp3) is 0.190. The van der Waals surface area contributed by atoms with E-state index in [9.17, 15) is 4.79 Å². The largest absolute Gasteiger partial charge is 0.299 e. The van der Waals surface area contributed by atoms with Crippen LogP contribution in [0.3, 0.4) is 0 Å². The lowest BCUT2D eigenvalue weighted by Crippen LogP contribution is -1.91. The highest BCUT2D eigenvalue weighted by molar-refractivity contribution is 8.08. The topological polar surface area (TPSA) is 17.1 Å². The van der Waals surface area contributed by atoms with Crippen molar-refractivity contribution in [3.63, 3.8) is 0 Å². The van der Waals surface area contributed by atoms with E-state index in [4.69, 9.17) is 0 Å². The van der Waals surface area contributed by atoms with E-state index in [1.165, 1.54) is 22.3 Å². The Labute approximate surface area is 153 Å². The first-order chi connectivity index (χ1) is 11.5. The first kappa shape index (κ1) is 18.6. The predicted molar refractivity (Wildman–Crippen MR) is 109 cm³/mol. The molecule has 0 N–H and O–H groups in total. The Morgan fingerprint density at radius 2 is 1.58 bits per heavy atom. The lowest BCUT2D eigenvalue weighted by atomic mass is 9.99. The molecule has 0 atom stereocenters. The van der Waals surface area contributed by atoms with Crippen LogP contribution in [0.15, 0.2) is 63.2 Å². The molecular formula is C21H22OS2. The highest BCUT2D eigenvalue weighted by Gasteiger charge is 2.10. The van der Waals surface area contributed by atoms with Crippen LogP contribution >= 0.6 is 23.5 Å². The van der Waals surface area contributed by atoms with Gasteiger partial charge in [0.1, 0.15) is 6.29 Å². The van der Waals surface area contributed by atoms with Gasteiger partial charge in [-0.3, -0.25) is 4.79 Å². The maximum absolute atomic E-state index is 11.0. The van der Waals surface area contributed by atoms with Gasteiger partial charge in [-0.2, -0.15) is 0 Å². The quantitative estimate of drug-likeness (QED) is 0.266. The summed E-state index contributed by atoms with van der Waals surface area (Å²) in [6.45, 7) is 6.39. The Bertz CT molecular complexity index is 751. The average molecular weight is 355 g/mol. The van der Waals surface area contributed by atoms with Crippen molar-refractivity contribution in [1.82, 2.24) is 0 Å². The Morgan fingerprint density at radius 1 is 0.958 bits per heavy atom. The highest BCUT2D eigenvalue weighted by Crippen LogP contribution is 2.38. The molecule has 0 saturated carbocycles. The molecule has 1 nitrogen and oxygen atoms in total. The maximum atomic E-state index is 11.0. The van der Waals surface area contributed by atoms with Gasteiger partial charge >= 0.3 is 0 Å². The SMILES string of the molecule is CSC(=C\C=O)/C(=C\c1c(C)cc(C)cc1C)Sc1ccccc1. The number of hydrogen-bond acceptors (Lipinski definition) is 3. The standard InChI is InChI=1S/C21H22OS2/c1-15-12-16(2)19(17(3)13-15)14-21(20(23-4)10-11-22)24-18-8-6-5-7-9-18/h5-14H,1-4H3/b20-10-,21-14+. The third-order valence-electron chi connectivity index (χ3n) is 3.67. The minimum Gasteiger partial charge on any atom is -0.299 e. The number of allylic oxidation sites excluding steroid dienone is 1. The predicted octanol–water partition coefficient (Wildman–Crippen LogP) is 6.19. The molecule has 0 saturated heterocycles. The zero-order valence-electron chi connectivity index (χ0n) is 14.5. The van der Waals surface area contributed by atoms with Gasteiger partial charge in [0.25, 0.3) is 0 Å². The Balaban J connectivity index is 2.53. The van der Waals surface area contributed by atoms with Crippen LogP contribution < -0.4 is 0 Å². The fourth-order valence-corrected chi connectivity index (χ4v) is 4.35. The van der Waals surface area contributed by atoms with Gasteiger partial charge in [0.2, 0.25) is 0 Å². The number of rotatable bonds is 6. The van der Waals surface area contributed by atoms with Crippen LogP contribution in [0, 0.1) is 20.8 Å². The van der Waals surface area contributed by atoms with E-state index in [0.29, 0.717) is 0 Å². The van der Waals surface area contributed by atoms with Crippen LogP contribution in [0.2, 0.25) is 0 Å². The van der Waals surface area contributed by atoms with E-state index in [-0.39, 0.29) is 0 Å². The van der Waals surface area contributed by atoms with Gasteiger partial charge in [-0.25, -0.2) is 0 Å². The third kappa shape index (κ3) is 4.89. The van der Waals surface area contributed by atoms with Crippen molar-refractivity contribution in [2.75, 3.05) is 6.26 Å². The van der Waals surface area contributed by atoms with Gasteiger partial charge in [0.15, 0.2) is 0 Å². The van der Waals surface area contributed by atoms with Crippen LogP contribution in [0.25, 0.3) is 6.08 Å². The van der Waals surface area contributed by atoms with Crippen molar-refractivity contribution in [2.24, 2.45) is 0 Å². The highest BCUT2D eigenvalue weighted by atomic mass is 32.2. The van der Waals surface area contributed by atoms with E-state index in [1.54, 1.807) is 29.6 Å². The number of carbonyl (C=O) groups is 1. The molecule has 0 aromatic heterocycles. The number of carbonyl (C=O) groups excluding carboxylic acids is 1. The summed E-state index contributed by atoms with van der Waals surface area (Å²) in [6.07, 6.45) is 6.71. The fourth-order valence-electron chi connectivity index (χ4n) is 2.63. The smallest absolute Gasteiger partial charge is 0.143 e. The molecule has 0 fully saturated rings. The van der Waals surface area contributed by atoms with Gasteiger partial charge in [0.05, 0.1) is 0 Å². The van der Waals surface area contributed by atoms with Crippen LogP contribution in [-0.2, 0) is 4.79 Å². The van der Waals surface area contributed by atoms with E-state index >= 15 is 0 Å². The molecule has 0 bridgehead atoms. The molecule has 2 aromatic rings. The summed E-state index contributed by atoms with van der Waals surface area (Å²) in [5.74, 6) is 0. The second kappa shape index (κ2) is 8.95. The van der Waals surface area contributed by atoms with Crippen LogP contribution in [0.4, 0.5) is 0 Å². The number of benzene rings is 2. The number of thioether (sulfide) groups is 2. The van der Waals surface area contributed by atoms with Crippen LogP contribution in [0.1, 0.15) is 22.3 Å². The molecule has 0 radical (unpaired) electrons. The lowest BCUT2D eigenvalue weighted by Gasteiger charge is -2.13. The number of aldehydes is 1. The first-order valence-corrected chi connectivity index (χ1v) is 9.81. The molecule has 2 aromatic carbocycles. The number of hydrogen-bond donors (Lipinski definition) is 0. The molecule has 0 amide bonds. The minimum atomic E-state index is 0.861. The van der Waals surface area contributed by atoms with E-state index in [0.717, 1.165) is 21.0 Å². The molecule has 0 aliphatic heterocycles. The third-order valence-corrected chi connectivity index (χ3v) is 5.66. The normalized spacial score (nSPS) is 12.3. The summed E-state index contributed by atoms with van der Waals surface area (Å²) in [4.78, 5) is 14.3. The second-order valence-corrected chi connectivity index (χ2v) is 7.57. The molecule has 0 spiro atoms. The van der Waals surface area contributed by atoms with Gasteiger partial charge < -0.3 is 0 Å².